The molecule has 0 aromatic heterocycles. The molecule has 94 valence electrons. The number of hydrogen-bond acceptors (Lipinski definition) is 2. The van der Waals surface area contributed by atoms with Gasteiger partial charge >= 0.3 is 0 Å². The molecule has 0 saturated heterocycles. The zero-order valence-corrected chi connectivity index (χ0v) is 10.8. The van der Waals surface area contributed by atoms with Crippen LogP contribution < -0.4 is 0 Å². The van der Waals surface area contributed by atoms with Crippen LogP contribution in [-0.2, 0) is 9.59 Å². The molecule has 0 spiro atoms. The van der Waals surface area contributed by atoms with E-state index in [0.29, 0.717) is 5.02 Å². The van der Waals surface area contributed by atoms with Crippen LogP contribution in [0, 0.1) is 0 Å². The van der Waals surface area contributed by atoms with E-state index in [9.17, 15) is 9.59 Å². The number of halogens is 1. The highest BCUT2D eigenvalue weighted by atomic mass is 35.5. The van der Waals surface area contributed by atoms with E-state index in [1.54, 1.807) is 6.07 Å². The molecular formula is C16H11ClO2. The van der Waals surface area contributed by atoms with Crippen molar-refractivity contribution in [3.05, 3.63) is 69.7 Å². The minimum Gasteiger partial charge on any atom is -0.302 e. The fourth-order valence-corrected chi connectivity index (χ4v) is 3.14. The number of hydrogen-bond donors (Lipinski definition) is 0. The van der Waals surface area contributed by atoms with Crippen LogP contribution in [-0.4, -0.2) is 12.6 Å². The van der Waals surface area contributed by atoms with Gasteiger partial charge in [-0.3, -0.25) is 0 Å². The average molecular weight is 271 g/mol. The summed E-state index contributed by atoms with van der Waals surface area (Å²) >= 11 is 6.23. The van der Waals surface area contributed by atoms with Crippen molar-refractivity contribution in [2.45, 2.75) is 11.8 Å². The van der Waals surface area contributed by atoms with Gasteiger partial charge in [0.15, 0.2) is 0 Å². The lowest BCUT2D eigenvalue weighted by molar-refractivity contribution is -0.109. The summed E-state index contributed by atoms with van der Waals surface area (Å²) in [4.78, 5) is 22.9. The molecule has 2 nitrogen and oxygen atoms in total. The number of carbonyl (C=O) groups is 2. The summed E-state index contributed by atoms with van der Waals surface area (Å²) in [5, 5.41) is 0.538. The minimum absolute atomic E-state index is 0.346. The topological polar surface area (TPSA) is 34.1 Å². The van der Waals surface area contributed by atoms with E-state index in [-0.39, 0.29) is 5.92 Å². The lowest BCUT2D eigenvalue weighted by Gasteiger charge is -2.29. The summed E-state index contributed by atoms with van der Waals surface area (Å²) in [6.07, 6.45) is 1.81. The molecule has 0 fully saturated rings. The number of fused-ring (bicyclic) bond motifs is 2. The fourth-order valence-electron chi connectivity index (χ4n) is 2.84. The van der Waals surface area contributed by atoms with Crippen molar-refractivity contribution in [1.29, 1.82) is 0 Å². The van der Waals surface area contributed by atoms with Crippen LogP contribution in [0.5, 0.6) is 0 Å². The van der Waals surface area contributed by atoms with Crippen molar-refractivity contribution < 1.29 is 9.59 Å². The molecule has 2 aromatic rings. The Bertz CT molecular complexity index is 664. The van der Waals surface area contributed by atoms with Crippen LogP contribution in [0.1, 0.15) is 34.1 Å². The number of rotatable bonds is 2. The van der Waals surface area contributed by atoms with Crippen LogP contribution in [0.3, 0.4) is 0 Å². The summed E-state index contributed by atoms with van der Waals surface area (Å²) in [5.74, 6) is -0.739. The standard InChI is InChI=1S/C16H11ClO2/c17-15-7-3-6-12-13(8-18)10-4-1-2-5-11(10)14(9-19)16(12)15/h1-9,13-14H. The first-order valence-electron chi connectivity index (χ1n) is 6.05. The third-order valence-corrected chi connectivity index (χ3v) is 4.00. The lowest BCUT2D eigenvalue weighted by atomic mass is 9.73. The van der Waals surface area contributed by atoms with Gasteiger partial charge in [0, 0.05) is 5.02 Å². The van der Waals surface area contributed by atoms with Crippen LogP contribution in [0.25, 0.3) is 0 Å². The van der Waals surface area contributed by atoms with Gasteiger partial charge in [-0.2, -0.15) is 0 Å². The SMILES string of the molecule is O=CC1c2ccccc2C(C=O)c2c(Cl)cccc21. The molecule has 2 unspecified atom stereocenters. The van der Waals surface area contributed by atoms with E-state index in [2.05, 4.69) is 0 Å². The molecule has 1 aliphatic rings. The predicted molar refractivity (Wildman–Crippen MR) is 73.7 cm³/mol. The van der Waals surface area contributed by atoms with Gasteiger partial charge in [0.25, 0.3) is 0 Å². The summed E-state index contributed by atoms with van der Waals surface area (Å²) in [6.45, 7) is 0. The van der Waals surface area contributed by atoms with E-state index in [1.165, 1.54) is 0 Å². The molecule has 1 aliphatic carbocycles. The first-order chi connectivity index (χ1) is 9.27. The Morgan fingerprint density at radius 2 is 1.37 bits per heavy atom. The lowest BCUT2D eigenvalue weighted by Crippen LogP contribution is -2.20. The molecule has 0 aliphatic heterocycles. The van der Waals surface area contributed by atoms with Gasteiger partial charge in [0.2, 0.25) is 0 Å². The fraction of sp³-hybridized carbons (Fsp3) is 0.125. The van der Waals surface area contributed by atoms with Gasteiger partial charge in [-0.25, -0.2) is 0 Å². The maximum atomic E-state index is 11.5. The average Bonchev–Trinajstić information content (AvgIpc) is 2.45. The first kappa shape index (κ1) is 12.1. The van der Waals surface area contributed by atoms with Crippen molar-refractivity contribution in [3.63, 3.8) is 0 Å². The second-order valence-corrected chi connectivity index (χ2v) is 5.01. The predicted octanol–water partition coefficient (Wildman–Crippen LogP) is 3.32. The van der Waals surface area contributed by atoms with Gasteiger partial charge in [0.05, 0.1) is 11.8 Å². The maximum Gasteiger partial charge on any atom is 0.131 e. The van der Waals surface area contributed by atoms with Gasteiger partial charge < -0.3 is 9.59 Å². The Kier molecular flexibility index (Phi) is 2.96. The number of benzene rings is 2. The summed E-state index contributed by atoms with van der Waals surface area (Å²) in [5.41, 5.74) is 3.35. The van der Waals surface area contributed by atoms with Gasteiger partial charge in [-0.05, 0) is 28.3 Å². The van der Waals surface area contributed by atoms with Crippen molar-refractivity contribution >= 4 is 24.2 Å². The Morgan fingerprint density at radius 1 is 0.789 bits per heavy atom. The molecule has 0 amide bonds. The highest BCUT2D eigenvalue weighted by molar-refractivity contribution is 6.31. The van der Waals surface area contributed by atoms with Crippen LogP contribution in [0.4, 0.5) is 0 Å². The smallest absolute Gasteiger partial charge is 0.131 e. The van der Waals surface area contributed by atoms with E-state index < -0.39 is 5.92 Å². The van der Waals surface area contributed by atoms with Crippen molar-refractivity contribution in [2.75, 3.05) is 0 Å². The molecule has 3 rings (SSSR count). The molecule has 0 saturated carbocycles. The largest absolute Gasteiger partial charge is 0.302 e. The molecule has 0 radical (unpaired) electrons. The maximum absolute atomic E-state index is 11.5. The van der Waals surface area contributed by atoms with E-state index in [1.807, 2.05) is 36.4 Å². The number of carbonyl (C=O) groups excluding carboxylic acids is 2. The molecule has 2 atom stereocenters. The monoisotopic (exact) mass is 270 g/mol. The van der Waals surface area contributed by atoms with Crippen molar-refractivity contribution in [3.8, 4) is 0 Å². The Balaban J connectivity index is 2.35. The molecular weight excluding hydrogens is 260 g/mol. The third kappa shape index (κ3) is 1.71. The quantitative estimate of drug-likeness (QED) is 0.785. The first-order valence-corrected chi connectivity index (χ1v) is 6.43. The molecule has 0 N–H and O–H groups in total. The minimum atomic E-state index is -0.393. The molecule has 19 heavy (non-hydrogen) atoms. The molecule has 2 aromatic carbocycles. The van der Waals surface area contributed by atoms with Gasteiger partial charge in [-0.15, -0.1) is 0 Å². The number of aldehydes is 2. The van der Waals surface area contributed by atoms with Crippen molar-refractivity contribution in [2.24, 2.45) is 0 Å². The van der Waals surface area contributed by atoms with E-state index >= 15 is 0 Å². The summed E-state index contributed by atoms with van der Waals surface area (Å²) in [6, 6.07) is 13.0. The second-order valence-electron chi connectivity index (χ2n) is 4.60. The van der Waals surface area contributed by atoms with E-state index in [4.69, 9.17) is 11.6 Å². The molecule has 0 bridgehead atoms. The van der Waals surface area contributed by atoms with Crippen LogP contribution >= 0.6 is 11.6 Å². The van der Waals surface area contributed by atoms with Crippen molar-refractivity contribution in [1.82, 2.24) is 0 Å². The highest BCUT2D eigenvalue weighted by Gasteiger charge is 2.32. The molecule has 3 heteroatoms. The normalized spacial score (nSPS) is 20.3. The Labute approximate surface area is 116 Å². The zero-order chi connectivity index (χ0) is 13.4. The molecule has 0 heterocycles. The zero-order valence-electron chi connectivity index (χ0n) is 10.0. The summed E-state index contributed by atoms with van der Waals surface area (Å²) < 4.78 is 0. The van der Waals surface area contributed by atoms with Gasteiger partial charge in [-0.1, -0.05) is 48.0 Å². The Morgan fingerprint density at radius 3 is 2.00 bits per heavy atom. The second kappa shape index (κ2) is 4.63. The van der Waals surface area contributed by atoms with E-state index in [0.717, 1.165) is 34.8 Å². The van der Waals surface area contributed by atoms with Crippen LogP contribution in [0.15, 0.2) is 42.5 Å². The summed E-state index contributed by atoms with van der Waals surface area (Å²) in [7, 11) is 0. The van der Waals surface area contributed by atoms with Crippen LogP contribution in [0.2, 0.25) is 5.02 Å². The van der Waals surface area contributed by atoms with Gasteiger partial charge in [0.1, 0.15) is 12.6 Å². The Hall–Kier alpha value is -1.93. The third-order valence-electron chi connectivity index (χ3n) is 3.67. The highest BCUT2D eigenvalue weighted by Crippen LogP contribution is 2.44.